The molecule has 0 saturated carbocycles. The molecule has 1 atom stereocenters. The van der Waals surface area contributed by atoms with E-state index in [1.54, 1.807) is 0 Å². The Morgan fingerprint density at radius 1 is 1.25 bits per heavy atom. The fourth-order valence-corrected chi connectivity index (χ4v) is 2.25. The summed E-state index contributed by atoms with van der Waals surface area (Å²) in [6.07, 6.45) is 0. The van der Waals surface area contributed by atoms with Gasteiger partial charge in [0.25, 0.3) is 0 Å². The van der Waals surface area contributed by atoms with Crippen molar-refractivity contribution >= 4 is 0 Å². The van der Waals surface area contributed by atoms with Crippen LogP contribution in [0.2, 0.25) is 0 Å². The van der Waals surface area contributed by atoms with Gasteiger partial charge in [-0.05, 0) is 12.6 Å². The van der Waals surface area contributed by atoms with Crippen molar-refractivity contribution in [1.29, 1.82) is 0 Å². The lowest BCUT2D eigenvalue weighted by Gasteiger charge is -2.39. The van der Waals surface area contributed by atoms with Crippen LogP contribution in [0.3, 0.4) is 0 Å². The number of likely N-dealkylation sites (N-methyl/N-ethyl adjacent to an activating group) is 1. The Hall–Kier alpha value is -0.900. The molecule has 88 valence electrons. The lowest BCUT2D eigenvalue weighted by atomic mass is 10.1. The molecular formula is C13H20N2O. The molecule has 0 spiro atoms. The molecule has 0 aromatic heterocycles. The van der Waals surface area contributed by atoms with Gasteiger partial charge < -0.3 is 10.0 Å². The summed E-state index contributed by atoms with van der Waals surface area (Å²) < 4.78 is 0. The van der Waals surface area contributed by atoms with Gasteiger partial charge in [-0.15, -0.1) is 0 Å². The van der Waals surface area contributed by atoms with Gasteiger partial charge >= 0.3 is 0 Å². The van der Waals surface area contributed by atoms with Crippen LogP contribution < -0.4 is 0 Å². The van der Waals surface area contributed by atoms with Crippen molar-refractivity contribution in [1.82, 2.24) is 9.80 Å². The number of piperazine rings is 1. The molecule has 1 heterocycles. The number of benzene rings is 1. The Bertz CT molecular complexity index is 315. The summed E-state index contributed by atoms with van der Waals surface area (Å²) in [4.78, 5) is 4.65. The third-order valence-corrected chi connectivity index (χ3v) is 3.25. The Labute approximate surface area is 97.3 Å². The van der Waals surface area contributed by atoms with Crippen molar-refractivity contribution in [3.05, 3.63) is 35.9 Å². The zero-order chi connectivity index (χ0) is 11.4. The summed E-state index contributed by atoms with van der Waals surface area (Å²) in [6, 6.07) is 10.7. The second-order valence-electron chi connectivity index (χ2n) is 4.55. The molecule has 1 N–H and O–H groups in total. The zero-order valence-electron chi connectivity index (χ0n) is 9.84. The van der Waals surface area contributed by atoms with E-state index in [0.717, 1.165) is 26.2 Å². The molecule has 1 aliphatic rings. The Kier molecular flexibility index (Phi) is 3.93. The van der Waals surface area contributed by atoms with E-state index < -0.39 is 0 Å². The summed E-state index contributed by atoms with van der Waals surface area (Å²) in [7, 11) is 2.11. The molecule has 2 rings (SSSR count). The minimum Gasteiger partial charge on any atom is -0.395 e. The molecule has 0 aliphatic carbocycles. The van der Waals surface area contributed by atoms with Gasteiger partial charge in [-0.2, -0.15) is 0 Å². The third kappa shape index (κ3) is 2.82. The summed E-state index contributed by atoms with van der Waals surface area (Å²) in [5.41, 5.74) is 1.32. The van der Waals surface area contributed by atoms with Gasteiger partial charge in [-0.3, -0.25) is 4.90 Å². The molecule has 1 aromatic rings. The molecule has 0 amide bonds. The molecule has 16 heavy (non-hydrogen) atoms. The van der Waals surface area contributed by atoms with Crippen LogP contribution in [0, 0.1) is 0 Å². The van der Waals surface area contributed by atoms with E-state index in [4.69, 9.17) is 0 Å². The van der Waals surface area contributed by atoms with Crippen molar-refractivity contribution in [3.63, 3.8) is 0 Å². The van der Waals surface area contributed by atoms with Crippen molar-refractivity contribution in [2.45, 2.75) is 12.6 Å². The van der Waals surface area contributed by atoms with Crippen LogP contribution in [-0.2, 0) is 6.54 Å². The fraction of sp³-hybridized carbons (Fsp3) is 0.538. The van der Waals surface area contributed by atoms with Gasteiger partial charge in [-0.25, -0.2) is 0 Å². The van der Waals surface area contributed by atoms with Crippen molar-refractivity contribution in [2.24, 2.45) is 0 Å². The first kappa shape index (κ1) is 11.6. The molecular weight excluding hydrogens is 200 g/mol. The highest BCUT2D eigenvalue weighted by molar-refractivity contribution is 5.14. The highest BCUT2D eigenvalue weighted by Crippen LogP contribution is 2.12. The normalized spacial score (nSPS) is 23.5. The maximum atomic E-state index is 9.39. The van der Waals surface area contributed by atoms with E-state index in [1.807, 2.05) is 6.07 Å². The molecule has 1 aromatic carbocycles. The molecule has 1 aliphatic heterocycles. The summed E-state index contributed by atoms with van der Waals surface area (Å²) >= 11 is 0. The fourth-order valence-electron chi connectivity index (χ4n) is 2.25. The first-order valence-corrected chi connectivity index (χ1v) is 5.87. The zero-order valence-corrected chi connectivity index (χ0v) is 9.84. The van der Waals surface area contributed by atoms with Crippen molar-refractivity contribution in [2.75, 3.05) is 33.3 Å². The van der Waals surface area contributed by atoms with Crippen LogP contribution in [-0.4, -0.2) is 54.2 Å². The van der Waals surface area contributed by atoms with E-state index in [0.29, 0.717) is 0 Å². The van der Waals surface area contributed by atoms with Crippen LogP contribution in [0.4, 0.5) is 0 Å². The maximum Gasteiger partial charge on any atom is 0.0599 e. The monoisotopic (exact) mass is 220 g/mol. The minimum atomic E-state index is 0.247. The molecule has 3 heteroatoms. The standard InChI is InChI=1S/C13H20N2O/c1-14-7-8-15(13(10-14)11-16)9-12-5-3-2-4-6-12/h2-6,13,16H,7-11H2,1H3/t13-/m0/s1. The minimum absolute atomic E-state index is 0.247. The Morgan fingerprint density at radius 2 is 2.00 bits per heavy atom. The average molecular weight is 220 g/mol. The van der Waals surface area contributed by atoms with E-state index in [2.05, 4.69) is 41.1 Å². The van der Waals surface area contributed by atoms with Gasteiger partial charge in [0.1, 0.15) is 0 Å². The number of aliphatic hydroxyl groups is 1. The second kappa shape index (κ2) is 5.43. The maximum absolute atomic E-state index is 9.39. The molecule has 0 bridgehead atoms. The SMILES string of the molecule is CN1CCN(Cc2ccccc2)[C@H](CO)C1. The number of aliphatic hydroxyl groups excluding tert-OH is 1. The predicted octanol–water partition coefficient (Wildman–Crippen LogP) is 0.795. The van der Waals surface area contributed by atoms with Crippen molar-refractivity contribution in [3.8, 4) is 0 Å². The smallest absolute Gasteiger partial charge is 0.0599 e. The van der Waals surface area contributed by atoms with Gasteiger partial charge in [-0.1, -0.05) is 30.3 Å². The Morgan fingerprint density at radius 3 is 2.69 bits per heavy atom. The first-order valence-electron chi connectivity index (χ1n) is 5.87. The topological polar surface area (TPSA) is 26.7 Å². The van der Waals surface area contributed by atoms with E-state index in [9.17, 15) is 5.11 Å². The molecule has 3 nitrogen and oxygen atoms in total. The van der Waals surface area contributed by atoms with Crippen LogP contribution in [0.5, 0.6) is 0 Å². The third-order valence-electron chi connectivity index (χ3n) is 3.25. The van der Waals surface area contributed by atoms with Crippen LogP contribution in [0.15, 0.2) is 30.3 Å². The summed E-state index contributed by atoms with van der Waals surface area (Å²) in [5.74, 6) is 0. The highest BCUT2D eigenvalue weighted by Gasteiger charge is 2.24. The molecule has 0 unspecified atom stereocenters. The molecule has 1 saturated heterocycles. The van der Waals surface area contributed by atoms with E-state index in [-0.39, 0.29) is 12.6 Å². The summed E-state index contributed by atoms with van der Waals surface area (Å²) in [5, 5.41) is 9.39. The van der Waals surface area contributed by atoms with Gasteiger partial charge in [0.05, 0.1) is 6.61 Å². The quantitative estimate of drug-likeness (QED) is 0.816. The Balaban J connectivity index is 1.98. The largest absolute Gasteiger partial charge is 0.395 e. The first-order chi connectivity index (χ1) is 7.79. The van der Waals surface area contributed by atoms with E-state index >= 15 is 0 Å². The van der Waals surface area contributed by atoms with Gasteiger partial charge in [0.2, 0.25) is 0 Å². The van der Waals surface area contributed by atoms with Crippen LogP contribution in [0.1, 0.15) is 5.56 Å². The van der Waals surface area contributed by atoms with Crippen molar-refractivity contribution < 1.29 is 5.11 Å². The summed E-state index contributed by atoms with van der Waals surface area (Å²) in [6.45, 7) is 4.28. The average Bonchev–Trinajstić information content (AvgIpc) is 2.33. The highest BCUT2D eigenvalue weighted by atomic mass is 16.3. The number of hydrogen-bond donors (Lipinski definition) is 1. The number of nitrogens with zero attached hydrogens (tertiary/aromatic N) is 2. The number of hydrogen-bond acceptors (Lipinski definition) is 3. The van der Waals surface area contributed by atoms with E-state index in [1.165, 1.54) is 5.56 Å². The predicted molar refractivity (Wildman–Crippen MR) is 65.2 cm³/mol. The van der Waals surface area contributed by atoms with Crippen LogP contribution >= 0.6 is 0 Å². The lowest BCUT2D eigenvalue weighted by Crippen LogP contribution is -2.52. The number of rotatable bonds is 3. The second-order valence-corrected chi connectivity index (χ2v) is 4.55. The van der Waals surface area contributed by atoms with Gasteiger partial charge in [0.15, 0.2) is 0 Å². The lowest BCUT2D eigenvalue weighted by molar-refractivity contribution is 0.0458. The molecule has 0 radical (unpaired) electrons. The molecule has 1 fully saturated rings. The van der Waals surface area contributed by atoms with Crippen LogP contribution in [0.25, 0.3) is 0 Å². The van der Waals surface area contributed by atoms with Gasteiger partial charge in [0, 0.05) is 32.2 Å².